The van der Waals surface area contributed by atoms with E-state index in [0.717, 1.165) is 0 Å². The molecule has 0 aromatic rings. The van der Waals surface area contributed by atoms with Crippen molar-refractivity contribution in [1.29, 1.82) is 0 Å². The van der Waals surface area contributed by atoms with Crippen LogP contribution < -0.4 is 5.32 Å². The fourth-order valence-electron chi connectivity index (χ4n) is 1.02. The zero-order valence-corrected chi connectivity index (χ0v) is 11.2. The van der Waals surface area contributed by atoms with Gasteiger partial charge in [-0.25, -0.2) is 4.39 Å². The van der Waals surface area contributed by atoms with Crippen molar-refractivity contribution in [2.24, 2.45) is 0 Å². The minimum atomic E-state index is -0.622. The lowest BCUT2D eigenvalue weighted by Gasteiger charge is -2.11. The fraction of sp³-hybridized carbons (Fsp3) is 0.385. The smallest absolute Gasteiger partial charge is 0.254 e. The Morgan fingerprint density at radius 1 is 1.28 bits per heavy atom. The number of allylic oxidation sites excluding steroid dienone is 4. The second kappa shape index (κ2) is 8.22. The first-order valence-electron chi connectivity index (χ1n) is 5.57. The summed E-state index contributed by atoms with van der Waals surface area (Å²) in [7, 11) is 3.16. The number of hydrogen-bond donors (Lipinski definition) is 1. The molecule has 0 aliphatic carbocycles. The second-order valence-corrected chi connectivity index (χ2v) is 3.71. The summed E-state index contributed by atoms with van der Waals surface area (Å²) >= 11 is 0. The highest BCUT2D eigenvalue weighted by atomic mass is 19.1. The molecule has 0 rings (SSSR count). The van der Waals surface area contributed by atoms with Crippen molar-refractivity contribution in [2.75, 3.05) is 20.6 Å². The third-order valence-corrected chi connectivity index (χ3v) is 2.11. The monoisotopic (exact) mass is 254 g/mol. The van der Waals surface area contributed by atoms with Crippen LogP contribution in [0.3, 0.4) is 0 Å². The maximum absolute atomic E-state index is 13.5. The van der Waals surface area contributed by atoms with Crippen LogP contribution in [0.4, 0.5) is 4.39 Å². The molecule has 100 valence electrons. The van der Waals surface area contributed by atoms with Crippen LogP contribution >= 0.6 is 0 Å². The molecule has 18 heavy (non-hydrogen) atoms. The van der Waals surface area contributed by atoms with Gasteiger partial charge in [-0.2, -0.15) is 0 Å². The van der Waals surface area contributed by atoms with E-state index in [9.17, 15) is 14.0 Å². The molecule has 0 saturated heterocycles. The Labute approximate surface area is 107 Å². The molecule has 0 radical (unpaired) electrons. The van der Waals surface area contributed by atoms with Crippen LogP contribution in [0.15, 0.2) is 35.7 Å². The lowest BCUT2D eigenvalue weighted by atomic mass is 10.2. The molecule has 0 aromatic heterocycles. The van der Waals surface area contributed by atoms with E-state index >= 15 is 0 Å². The first kappa shape index (κ1) is 16.1. The van der Waals surface area contributed by atoms with E-state index in [1.54, 1.807) is 33.2 Å². The Morgan fingerprint density at radius 3 is 2.33 bits per heavy atom. The molecule has 0 heterocycles. The van der Waals surface area contributed by atoms with E-state index in [1.165, 1.54) is 24.0 Å². The van der Waals surface area contributed by atoms with E-state index in [0.29, 0.717) is 0 Å². The molecule has 1 N–H and O–H groups in total. The van der Waals surface area contributed by atoms with Gasteiger partial charge in [0.2, 0.25) is 5.91 Å². The van der Waals surface area contributed by atoms with Crippen LogP contribution in [0.5, 0.6) is 0 Å². The number of hydrogen-bond acceptors (Lipinski definition) is 2. The Kier molecular flexibility index (Phi) is 7.35. The lowest BCUT2D eigenvalue weighted by Crippen LogP contribution is -2.36. The molecule has 4 nitrogen and oxygen atoms in total. The van der Waals surface area contributed by atoms with Crippen molar-refractivity contribution in [3.63, 3.8) is 0 Å². The molecule has 5 heteroatoms. The molecule has 0 unspecified atom stereocenters. The summed E-state index contributed by atoms with van der Waals surface area (Å²) in [5, 5.41) is 2.37. The SMILES string of the molecule is C/C=C/C=C(C(=O)NCC(=O)N(C)C)\C(F)=C/C. The van der Waals surface area contributed by atoms with Crippen LogP contribution in [0, 0.1) is 0 Å². The van der Waals surface area contributed by atoms with Gasteiger partial charge in [-0.05, 0) is 19.9 Å². The standard InChI is InChI=1S/C13H19FN2O2/c1-5-7-8-10(11(14)6-2)13(18)15-9-12(17)16(3)4/h5-8H,9H2,1-4H3,(H,15,18)/b7-5+,10-8+,11-6+. The summed E-state index contributed by atoms with van der Waals surface area (Å²) in [5.41, 5.74) is -0.0952. The maximum Gasteiger partial charge on any atom is 0.254 e. The van der Waals surface area contributed by atoms with E-state index < -0.39 is 11.7 Å². The first-order chi connectivity index (χ1) is 8.43. The molecule has 0 aliphatic rings. The van der Waals surface area contributed by atoms with E-state index in [2.05, 4.69) is 5.32 Å². The van der Waals surface area contributed by atoms with E-state index in [-0.39, 0.29) is 18.0 Å². The third-order valence-electron chi connectivity index (χ3n) is 2.11. The van der Waals surface area contributed by atoms with Crippen molar-refractivity contribution < 1.29 is 14.0 Å². The van der Waals surface area contributed by atoms with E-state index in [1.807, 2.05) is 0 Å². The average molecular weight is 254 g/mol. The summed E-state index contributed by atoms with van der Waals surface area (Å²) in [5.74, 6) is -1.49. The molecule has 0 bridgehead atoms. The minimum absolute atomic E-state index is 0.0952. The topological polar surface area (TPSA) is 49.4 Å². The Hall–Kier alpha value is -1.91. The number of halogens is 1. The third kappa shape index (κ3) is 5.43. The van der Waals surface area contributed by atoms with Crippen molar-refractivity contribution >= 4 is 11.8 Å². The Morgan fingerprint density at radius 2 is 1.89 bits per heavy atom. The zero-order chi connectivity index (χ0) is 14.1. The van der Waals surface area contributed by atoms with Gasteiger partial charge in [-0.15, -0.1) is 0 Å². The van der Waals surface area contributed by atoms with Crippen molar-refractivity contribution in [3.8, 4) is 0 Å². The van der Waals surface area contributed by atoms with Gasteiger partial charge in [-0.1, -0.05) is 18.2 Å². The quantitative estimate of drug-likeness (QED) is 0.598. The van der Waals surface area contributed by atoms with Crippen LogP contribution in [-0.4, -0.2) is 37.4 Å². The summed E-state index contributed by atoms with van der Waals surface area (Å²) in [6, 6.07) is 0. The maximum atomic E-state index is 13.5. The number of rotatable bonds is 5. The second-order valence-electron chi connectivity index (χ2n) is 3.71. The van der Waals surface area contributed by atoms with Gasteiger partial charge in [0, 0.05) is 14.1 Å². The molecule has 2 amide bonds. The molecule has 0 spiro atoms. The molecular formula is C13H19FN2O2. The summed E-state index contributed by atoms with van der Waals surface area (Å²) in [6.07, 6.45) is 5.81. The summed E-state index contributed by atoms with van der Waals surface area (Å²) < 4.78 is 13.5. The zero-order valence-electron chi connectivity index (χ0n) is 11.2. The van der Waals surface area contributed by atoms with Gasteiger partial charge in [0.05, 0.1) is 12.1 Å². The van der Waals surface area contributed by atoms with E-state index in [4.69, 9.17) is 0 Å². The number of nitrogens with one attached hydrogen (secondary N) is 1. The fourth-order valence-corrected chi connectivity index (χ4v) is 1.02. The van der Waals surface area contributed by atoms with Gasteiger partial charge >= 0.3 is 0 Å². The minimum Gasteiger partial charge on any atom is -0.347 e. The Bertz CT molecular complexity index is 396. The molecule has 0 atom stereocenters. The first-order valence-corrected chi connectivity index (χ1v) is 5.57. The van der Waals surface area contributed by atoms with Gasteiger partial charge < -0.3 is 10.2 Å². The molecule has 0 fully saturated rings. The highest BCUT2D eigenvalue weighted by Gasteiger charge is 2.14. The van der Waals surface area contributed by atoms with Gasteiger partial charge in [0.25, 0.3) is 5.91 Å². The number of nitrogens with zero attached hydrogens (tertiary/aromatic N) is 1. The van der Waals surface area contributed by atoms with Crippen molar-refractivity contribution in [2.45, 2.75) is 13.8 Å². The lowest BCUT2D eigenvalue weighted by molar-refractivity contribution is -0.130. The van der Waals surface area contributed by atoms with Crippen LogP contribution in [0.1, 0.15) is 13.8 Å². The number of carbonyl (C=O) groups is 2. The van der Waals surface area contributed by atoms with Gasteiger partial charge in [-0.3, -0.25) is 9.59 Å². The predicted octanol–water partition coefficient (Wildman–Crippen LogP) is 1.57. The van der Waals surface area contributed by atoms with Crippen molar-refractivity contribution in [1.82, 2.24) is 10.2 Å². The predicted molar refractivity (Wildman–Crippen MR) is 69.5 cm³/mol. The van der Waals surface area contributed by atoms with Crippen molar-refractivity contribution in [3.05, 3.63) is 35.7 Å². The molecule has 0 aliphatic heterocycles. The Balaban J connectivity index is 4.74. The molecule has 0 aromatic carbocycles. The molecule has 0 saturated carbocycles. The van der Waals surface area contributed by atoms with Crippen LogP contribution in [0.2, 0.25) is 0 Å². The normalized spacial score (nSPS) is 12.7. The largest absolute Gasteiger partial charge is 0.347 e. The van der Waals surface area contributed by atoms with Gasteiger partial charge in [0.1, 0.15) is 5.83 Å². The highest BCUT2D eigenvalue weighted by Crippen LogP contribution is 2.11. The number of carbonyl (C=O) groups excluding carboxylic acids is 2. The molecular weight excluding hydrogens is 235 g/mol. The van der Waals surface area contributed by atoms with Gasteiger partial charge in [0.15, 0.2) is 0 Å². The summed E-state index contributed by atoms with van der Waals surface area (Å²) in [4.78, 5) is 24.4. The highest BCUT2D eigenvalue weighted by molar-refractivity contribution is 5.99. The van der Waals surface area contributed by atoms with Crippen LogP contribution in [-0.2, 0) is 9.59 Å². The number of amides is 2. The summed E-state index contributed by atoms with van der Waals surface area (Å²) in [6.45, 7) is 3.10. The average Bonchev–Trinajstić information content (AvgIpc) is 2.35. The van der Waals surface area contributed by atoms with Crippen LogP contribution in [0.25, 0.3) is 0 Å². The number of likely N-dealkylation sites (N-methyl/N-ethyl adjacent to an activating group) is 1.